The van der Waals surface area contributed by atoms with Crippen molar-refractivity contribution in [2.45, 2.75) is 13.1 Å². The van der Waals surface area contributed by atoms with Gasteiger partial charge in [0.25, 0.3) is 0 Å². The maximum atomic E-state index is 11.8. The Morgan fingerprint density at radius 3 is 2.64 bits per heavy atom. The van der Waals surface area contributed by atoms with E-state index in [9.17, 15) is 13.2 Å². The van der Waals surface area contributed by atoms with Gasteiger partial charge in [-0.25, -0.2) is 9.97 Å². The van der Waals surface area contributed by atoms with Crippen LogP contribution in [0.3, 0.4) is 0 Å². The van der Waals surface area contributed by atoms with E-state index in [1.165, 1.54) is 0 Å². The third kappa shape index (κ3) is 2.75. The molecule has 3 N–H and O–H groups in total. The molecule has 0 aliphatic rings. The van der Waals surface area contributed by atoms with E-state index in [2.05, 4.69) is 15.3 Å². The second-order valence-corrected chi connectivity index (χ2v) is 2.69. The van der Waals surface area contributed by atoms with Crippen LogP contribution in [-0.4, -0.2) is 22.7 Å². The Kier molecular flexibility index (Phi) is 2.78. The molecule has 4 nitrogen and oxygen atoms in total. The van der Waals surface area contributed by atoms with Gasteiger partial charge in [0.1, 0.15) is 12.9 Å². The lowest BCUT2D eigenvalue weighted by Crippen LogP contribution is -2.22. The number of aromatic nitrogens is 2. The third-order valence-corrected chi connectivity index (χ3v) is 1.54. The Bertz CT molecular complexity index is 323. The lowest BCUT2D eigenvalue weighted by molar-refractivity contribution is -0.115. The van der Waals surface area contributed by atoms with E-state index >= 15 is 0 Å². The number of hydrogen-bond acceptors (Lipinski definition) is 4. The summed E-state index contributed by atoms with van der Waals surface area (Å²) >= 11 is 0. The fourth-order valence-corrected chi connectivity index (χ4v) is 0.808. The van der Waals surface area contributed by atoms with E-state index in [0.29, 0.717) is 5.69 Å². The van der Waals surface area contributed by atoms with E-state index in [1.807, 2.05) is 0 Å². The van der Waals surface area contributed by atoms with Crippen LogP contribution in [0.2, 0.25) is 0 Å². The van der Waals surface area contributed by atoms with Crippen molar-refractivity contribution in [2.24, 2.45) is 0 Å². The number of nitrogens with two attached hydrogens (primary N) is 1. The van der Waals surface area contributed by atoms with Crippen molar-refractivity contribution in [3.8, 4) is 0 Å². The zero-order chi connectivity index (χ0) is 10.8. The molecule has 0 aromatic carbocycles. The Morgan fingerprint density at radius 1 is 1.43 bits per heavy atom. The second kappa shape index (κ2) is 3.69. The zero-order valence-electron chi connectivity index (χ0n) is 7.39. The summed E-state index contributed by atoms with van der Waals surface area (Å²) in [6, 6.07) is 0. The van der Waals surface area contributed by atoms with Gasteiger partial charge in [0.05, 0.1) is 11.4 Å². The summed E-state index contributed by atoms with van der Waals surface area (Å²) in [5, 5.41) is 2.09. The minimum Gasteiger partial charge on any atom is -0.394 e. The van der Waals surface area contributed by atoms with Gasteiger partial charge in [-0.3, -0.25) is 0 Å². The van der Waals surface area contributed by atoms with Gasteiger partial charge >= 0.3 is 6.18 Å². The highest BCUT2D eigenvalue weighted by atomic mass is 19.4. The topological polar surface area (TPSA) is 63.8 Å². The quantitative estimate of drug-likeness (QED) is 0.766. The molecule has 1 aromatic rings. The standard InChI is InChI=1S/C7H9F3N4/c1-4-5(11)6(14-3-13-4)12-2-7(8,9)10/h3H,2,11H2,1H3,(H,12,13,14). The van der Waals surface area contributed by atoms with Gasteiger partial charge in [-0.15, -0.1) is 0 Å². The van der Waals surface area contributed by atoms with Gasteiger partial charge in [-0.2, -0.15) is 13.2 Å². The summed E-state index contributed by atoms with van der Waals surface area (Å²) < 4.78 is 35.5. The largest absolute Gasteiger partial charge is 0.405 e. The maximum absolute atomic E-state index is 11.8. The Labute approximate surface area is 78.4 Å². The number of hydrogen-bond donors (Lipinski definition) is 2. The molecule has 1 aromatic heterocycles. The molecule has 14 heavy (non-hydrogen) atoms. The molecule has 1 heterocycles. The Balaban J connectivity index is 2.73. The van der Waals surface area contributed by atoms with Crippen LogP contribution in [0.15, 0.2) is 6.33 Å². The molecule has 0 amide bonds. The molecule has 0 spiro atoms. The molecule has 0 aliphatic heterocycles. The lowest BCUT2D eigenvalue weighted by Gasteiger charge is -2.10. The van der Waals surface area contributed by atoms with Crippen LogP contribution in [0, 0.1) is 6.92 Å². The van der Waals surface area contributed by atoms with Crippen LogP contribution in [0.1, 0.15) is 5.69 Å². The van der Waals surface area contributed by atoms with Crippen molar-refractivity contribution >= 4 is 11.5 Å². The molecule has 0 saturated heterocycles. The highest BCUT2D eigenvalue weighted by Crippen LogP contribution is 2.20. The van der Waals surface area contributed by atoms with Gasteiger partial charge < -0.3 is 11.1 Å². The van der Waals surface area contributed by atoms with Gasteiger partial charge in [0.15, 0.2) is 5.82 Å². The summed E-state index contributed by atoms with van der Waals surface area (Å²) in [5.74, 6) is 0.00910. The molecule has 1 rings (SSSR count). The number of nitrogen functional groups attached to an aromatic ring is 1. The molecular weight excluding hydrogens is 197 g/mol. The lowest BCUT2D eigenvalue weighted by atomic mass is 10.3. The number of nitrogens with zero attached hydrogens (tertiary/aromatic N) is 2. The minimum atomic E-state index is -4.29. The van der Waals surface area contributed by atoms with Crippen molar-refractivity contribution in [1.82, 2.24) is 9.97 Å². The van der Waals surface area contributed by atoms with Crippen molar-refractivity contribution in [1.29, 1.82) is 0 Å². The molecule has 78 valence electrons. The van der Waals surface area contributed by atoms with E-state index in [1.54, 1.807) is 6.92 Å². The third-order valence-electron chi connectivity index (χ3n) is 1.54. The van der Waals surface area contributed by atoms with Crippen molar-refractivity contribution in [3.05, 3.63) is 12.0 Å². The Morgan fingerprint density at radius 2 is 2.07 bits per heavy atom. The smallest absolute Gasteiger partial charge is 0.394 e. The number of halogens is 3. The predicted octanol–water partition coefficient (Wildman–Crippen LogP) is 1.34. The number of nitrogens with one attached hydrogen (secondary N) is 1. The van der Waals surface area contributed by atoms with Crippen LogP contribution in [0.5, 0.6) is 0 Å². The molecule has 0 saturated carbocycles. The second-order valence-electron chi connectivity index (χ2n) is 2.69. The average Bonchev–Trinajstić information content (AvgIpc) is 2.06. The molecule has 0 atom stereocenters. The van der Waals surface area contributed by atoms with Crippen molar-refractivity contribution in [2.75, 3.05) is 17.6 Å². The van der Waals surface area contributed by atoms with E-state index < -0.39 is 12.7 Å². The first-order chi connectivity index (χ1) is 6.40. The molecule has 0 aliphatic carbocycles. The molecular formula is C7H9F3N4. The highest BCUT2D eigenvalue weighted by molar-refractivity contribution is 5.62. The van der Waals surface area contributed by atoms with Crippen LogP contribution >= 0.6 is 0 Å². The molecule has 7 heteroatoms. The number of rotatable bonds is 2. The summed E-state index contributed by atoms with van der Waals surface area (Å²) in [4.78, 5) is 7.32. The Hall–Kier alpha value is -1.53. The van der Waals surface area contributed by atoms with Gasteiger partial charge in [-0.05, 0) is 6.92 Å². The monoisotopic (exact) mass is 206 g/mol. The van der Waals surface area contributed by atoms with Gasteiger partial charge in [0, 0.05) is 0 Å². The first-order valence-electron chi connectivity index (χ1n) is 3.78. The van der Waals surface area contributed by atoms with E-state index in [4.69, 9.17) is 5.73 Å². The van der Waals surface area contributed by atoms with Crippen molar-refractivity contribution in [3.63, 3.8) is 0 Å². The zero-order valence-corrected chi connectivity index (χ0v) is 7.39. The first kappa shape index (κ1) is 10.6. The number of alkyl halides is 3. The number of anilines is 2. The van der Waals surface area contributed by atoms with Crippen LogP contribution in [-0.2, 0) is 0 Å². The fourth-order valence-electron chi connectivity index (χ4n) is 0.808. The molecule has 0 unspecified atom stereocenters. The van der Waals surface area contributed by atoms with Crippen LogP contribution in [0.25, 0.3) is 0 Å². The van der Waals surface area contributed by atoms with Crippen LogP contribution in [0.4, 0.5) is 24.7 Å². The predicted molar refractivity (Wildman–Crippen MR) is 45.7 cm³/mol. The van der Waals surface area contributed by atoms with E-state index in [0.717, 1.165) is 6.33 Å². The summed E-state index contributed by atoms with van der Waals surface area (Å²) in [5.41, 5.74) is 6.04. The molecule has 0 bridgehead atoms. The summed E-state index contributed by atoms with van der Waals surface area (Å²) in [6.07, 6.45) is -3.13. The highest BCUT2D eigenvalue weighted by Gasteiger charge is 2.27. The molecule has 0 radical (unpaired) electrons. The van der Waals surface area contributed by atoms with Crippen LogP contribution < -0.4 is 11.1 Å². The number of aryl methyl sites for hydroxylation is 1. The SMILES string of the molecule is Cc1ncnc(NCC(F)(F)F)c1N. The first-order valence-corrected chi connectivity index (χ1v) is 3.78. The van der Waals surface area contributed by atoms with Gasteiger partial charge in [0.2, 0.25) is 0 Å². The normalized spacial score (nSPS) is 11.4. The molecule has 0 fully saturated rings. The summed E-state index contributed by atoms with van der Waals surface area (Å²) in [6.45, 7) is 0.434. The maximum Gasteiger partial charge on any atom is 0.405 e. The fraction of sp³-hybridized carbons (Fsp3) is 0.429. The minimum absolute atomic E-state index is 0.00910. The van der Waals surface area contributed by atoms with E-state index in [-0.39, 0.29) is 11.5 Å². The average molecular weight is 206 g/mol. The van der Waals surface area contributed by atoms with Crippen molar-refractivity contribution < 1.29 is 13.2 Å². The summed E-state index contributed by atoms with van der Waals surface area (Å²) in [7, 11) is 0. The van der Waals surface area contributed by atoms with Gasteiger partial charge in [-0.1, -0.05) is 0 Å².